The second-order valence-electron chi connectivity index (χ2n) is 8.02. The zero-order valence-corrected chi connectivity index (χ0v) is 17.9. The second-order valence-corrected chi connectivity index (χ2v) is 8.02. The maximum Gasteiger partial charge on any atom is 0.387 e. The molecule has 0 spiro atoms. The number of amides is 1. The van der Waals surface area contributed by atoms with Crippen LogP contribution in [0, 0.1) is 0 Å². The van der Waals surface area contributed by atoms with Gasteiger partial charge in [-0.3, -0.25) is 4.79 Å². The number of hydrogen-bond acceptors (Lipinski definition) is 4. The molecule has 0 aliphatic carbocycles. The summed E-state index contributed by atoms with van der Waals surface area (Å²) in [6.07, 6.45) is 1.60. The fourth-order valence-electron chi connectivity index (χ4n) is 3.04. The van der Waals surface area contributed by atoms with Gasteiger partial charge in [0.1, 0.15) is 5.82 Å². The first-order chi connectivity index (χ1) is 14.7. The molecule has 1 aromatic heterocycles. The Labute approximate surface area is 179 Å². The number of nitrogens with zero attached hydrogens (tertiary/aromatic N) is 2. The minimum Gasteiger partial charge on any atom is -0.493 e. The van der Waals surface area contributed by atoms with Crippen molar-refractivity contribution in [2.75, 3.05) is 12.4 Å². The summed E-state index contributed by atoms with van der Waals surface area (Å²) < 4.78 is 36.1. The molecular formula is C23H25F2N3O3. The van der Waals surface area contributed by atoms with Crippen LogP contribution in [0.5, 0.6) is 11.5 Å². The van der Waals surface area contributed by atoms with Gasteiger partial charge in [0.25, 0.3) is 5.91 Å². The topological polar surface area (TPSA) is 65.4 Å². The van der Waals surface area contributed by atoms with Crippen molar-refractivity contribution < 1.29 is 23.0 Å². The summed E-state index contributed by atoms with van der Waals surface area (Å²) >= 11 is 0. The summed E-state index contributed by atoms with van der Waals surface area (Å²) in [6, 6.07) is 14.0. The third-order valence-electron chi connectivity index (χ3n) is 4.75. The number of benzene rings is 2. The Balaban J connectivity index is 1.73. The van der Waals surface area contributed by atoms with Gasteiger partial charge in [-0.15, -0.1) is 0 Å². The average molecular weight is 429 g/mol. The van der Waals surface area contributed by atoms with Gasteiger partial charge in [0.05, 0.1) is 19.9 Å². The molecule has 0 saturated heterocycles. The molecule has 0 unspecified atom stereocenters. The molecule has 3 rings (SSSR count). The maximum atomic E-state index is 12.7. The van der Waals surface area contributed by atoms with Gasteiger partial charge < -0.3 is 14.8 Å². The molecule has 0 saturated carbocycles. The van der Waals surface area contributed by atoms with E-state index < -0.39 is 12.5 Å². The standard InChI is InChI=1S/C23H25F2N3O3/c1-23(2,3)17-8-5-15(6-9-17)14-28-20(11-12-26-28)27-21(29)16-7-10-18(31-22(24)25)19(13-16)30-4/h5-13,22H,14H2,1-4H3,(H,27,29). The molecule has 3 aromatic rings. The number of carbonyl (C=O) groups excluding carboxylic acids is 1. The minimum atomic E-state index is -2.99. The molecule has 0 fully saturated rings. The normalized spacial score (nSPS) is 11.5. The summed E-state index contributed by atoms with van der Waals surface area (Å²) in [7, 11) is 1.31. The summed E-state index contributed by atoms with van der Waals surface area (Å²) in [5.41, 5.74) is 2.59. The van der Waals surface area contributed by atoms with Crippen LogP contribution in [-0.4, -0.2) is 29.4 Å². The van der Waals surface area contributed by atoms with E-state index in [1.165, 1.54) is 30.9 Å². The number of carbonyl (C=O) groups is 1. The number of rotatable bonds is 7. The van der Waals surface area contributed by atoms with E-state index in [0.717, 1.165) is 5.56 Å². The third-order valence-corrected chi connectivity index (χ3v) is 4.75. The van der Waals surface area contributed by atoms with E-state index in [1.807, 2.05) is 12.1 Å². The van der Waals surface area contributed by atoms with Crippen molar-refractivity contribution in [3.63, 3.8) is 0 Å². The van der Waals surface area contributed by atoms with E-state index in [4.69, 9.17) is 4.74 Å². The van der Waals surface area contributed by atoms with Crippen LogP contribution in [-0.2, 0) is 12.0 Å². The van der Waals surface area contributed by atoms with Gasteiger partial charge in [0, 0.05) is 11.6 Å². The van der Waals surface area contributed by atoms with Crippen molar-refractivity contribution in [1.29, 1.82) is 0 Å². The summed E-state index contributed by atoms with van der Waals surface area (Å²) in [6.45, 7) is 3.97. The van der Waals surface area contributed by atoms with Crippen LogP contribution in [0.1, 0.15) is 42.3 Å². The molecule has 0 aliphatic rings. The molecule has 164 valence electrons. The fraction of sp³-hybridized carbons (Fsp3) is 0.304. The largest absolute Gasteiger partial charge is 0.493 e. The Kier molecular flexibility index (Phi) is 6.58. The molecule has 0 radical (unpaired) electrons. The van der Waals surface area contributed by atoms with Crippen LogP contribution >= 0.6 is 0 Å². The third kappa shape index (κ3) is 5.59. The molecule has 0 aliphatic heterocycles. The van der Waals surface area contributed by atoms with Crippen LogP contribution in [0.15, 0.2) is 54.7 Å². The van der Waals surface area contributed by atoms with E-state index in [0.29, 0.717) is 12.4 Å². The van der Waals surface area contributed by atoms with Crippen molar-refractivity contribution in [1.82, 2.24) is 9.78 Å². The van der Waals surface area contributed by atoms with Gasteiger partial charge in [-0.25, -0.2) is 4.68 Å². The van der Waals surface area contributed by atoms with Gasteiger partial charge in [-0.05, 0) is 34.7 Å². The molecule has 1 amide bonds. The number of anilines is 1. The molecule has 1 N–H and O–H groups in total. The number of aromatic nitrogens is 2. The smallest absolute Gasteiger partial charge is 0.387 e. The molecule has 2 aromatic carbocycles. The lowest BCUT2D eigenvalue weighted by atomic mass is 9.87. The Hall–Kier alpha value is -3.42. The maximum absolute atomic E-state index is 12.7. The highest BCUT2D eigenvalue weighted by atomic mass is 19.3. The molecule has 8 heteroatoms. The zero-order valence-electron chi connectivity index (χ0n) is 17.9. The number of halogens is 2. The van der Waals surface area contributed by atoms with E-state index >= 15 is 0 Å². The summed E-state index contributed by atoms with van der Waals surface area (Å²) in [4.78, 5) is 12.7. The number of hydrogen-bond donors (Lipinski definition) is 1. The molecular weight excluding hydrogens is 404 g/mol. The second kappa shape index (κ2) is 9.16. The molecule has 1 heterocycles. The molecule has 0 atom stereocenters. The number of alkyl halides is 2. The number of nitrogens with one attached hydrogen (secondary N) is 1. The van der Waals surface area contributed by atoms with Crippen LogP contribution in [0.25, 0.3) is 0 Å². The first kappa shape index (κ1) is 22.3. The first-order valence-corrected chi connectivity index (χ1v) is 9.73. The zero-order chi connectivity index (χ0) is 22.6. The lowest BCUT2D eigenvalue weighted by molar-refractivity contribution is -0.0512. The van der Waals surface area contributed by atoms with Gasteiger partial charge in [0.2, 0.25) is 0 Å². The SMILES string of the molecule is COc1cc(C(=O)Nc2ccnn2Cc2ccc(C(C)(C)C)cc2)ccc1OC(F)F. The van der Waals surface area contributed by atoms with E-state index in [1.54, 1.807) is 16.9 Å². The molecule has 0 bridgehead atoms. The van der Waals surface area contributed by atoms with Crippen molar-refractivity contribution in [2.45, 2.75) is 39.3 Å². The minimum absolute atomic E-state index is 0.0420. The molecule has 31 heavy (non-hydrogen) atoms. The van der Waals surface area contributed by atoms with Gasteiger partial charge in [-0.1, -0.05) is 45.0 Å². The highest BCUT2D eigenvalue weighted by molar-refractivity contribution is 6.04. The quantitative estimate of drug-likeness (QED) is 0.568. The van der Waals surface area contributed by atoms with E-state index in [-0.39, 0.29) is 22.5 Å². The van der Waals surface area contributed by atoms with Crippen molar-refractivity contribution >= 4 is 11.7 Å². The first-order valence-electron chi connectivity index (χ1n) is 9.73. The Morgan fingerprint density at radius 1 is 1.10 bits per heavy atom. The highest BCUT2D eigenvalue weighted by Crippen LogP contribution is 2.30. The predicted molar refractivity (Wildman–Crippen MR) is 114 cm³/mol. The van der Waals surface area contributed by atoms with Gasteiger partial charge >= 0.3 is 6.61 Å². The van der Waals surface area contributed by atoms with Crippen molar-refractivity contribution in [3.8, 4) is 11.5 Å². The summed E-state index contributed by atoms with van der Waals surface area (Å²) in [5.74, 6) is -0.0123. The van der Waals surface area contributed by atoms with Crippen molar-refractivity contribution in [2.24, 2.45) is 0 Å². The lowest BCUT2D eigenvalue weighted by Gasteiger charge is -2.19. The highest BCUT2D eigenvalue weighted by Gasteiger charge is 2.16. The Morgan fingerprint density at radius 3 is 2.42 bits per heavy atom. The predicted octanol–water partition coefficient (Wildman–Crippen LogP) is 5.09. The van der Waals surface area contributed by atoms with E-state index in [2.05, 4.69) is 48.1 Å². The fourth-order valence-corrected chi connectivity index (χ4v) is 3.04. The van der Waals surface area contributed by atoms with Crippen LogP contribution in [0.2, 0.25) is 0 Å². The lowest BCUT2D eigenvalue weighted by Crippen LogP contribution is -2.16. The summed E-state index contributed by atoms with van der Waals surface area (Å²) in [5, 5.41) is 7.08. The van der Waals surface area contributed by atoms with Crippen LogP contribution in [0.3, 0.4) is 0 Å². The van der Waals surface area contributed by atoms with Crippen molar-refractivity contribution in [3.05, 3.63) is 71.4 Å². The van der Waals surface area contributed by atoms with Gasteiger partial charge in [0.15, 0.2) is 11.5 Å². The number of methoxy groups -OCH3 is 1. The van der Waals surface area contributed by atoms with Crippen LogP contribution < -0.4 is 14.8 Å². The average Bonchev–Trinajstić information content (AvgIpc) is 3.14. The van der Waals surface area contributed by atoms with E-state index in [9.17, 15) is 13.6 Å². The Morgan fingerprint density at radius 2 is 1.81 bits per heavy atom. The molecule has 6 nitrogen and oxygen atoms in total. The number of ether oxygens (including phenoxy) is 2. The van der Waals surface area contributed by atoms with Gasteiger partial charge in [-0.2, -0.15) is 13.9 Å². The van der Waals surface area contributed by atoms with Crippen LogP contribution in [0.4, 0.5) is 14.6 Å². The monoisotopic (exact) mass is 429 g/mol. The Bertz CT molecular complexity index is 1040.